The minimum atomic E-state index is -0.822. The summed E-state index contributed by atoms with van der Waals surface area (Å²) in [5.74, 6) is -1.01. The zero-order valence-electron chi connectivity index (χ0n) is 22.8. The van der Waals surface area contributed by atoms with Crippen molar-refractivity contribution in [1.82, 2.24) is 4.98 Å². The number of fused-ring (bicyclic) bond motifs is 1. The van der Waals surface area contributed by atoms with Gasteiger partial charge < -0.3 is 9.84 Å². The Kier molecular flexibility index (Phi) is 7.03. The smallest absolute Gasteiger partial charge is 0.301 e. The summed E-state index contributed by atoms with van der Waals surface area (Å²) in [6.07, 6.45) is 0.885. The molecule has 0 saturated carbocycles. The summed E-state index contributed by atoms with van der Waals surface area (Å²) < 4.78 is 6.46. The molecule has 39 heavy (non-hydrogen) atoms. The maximum atomic E-state index is 13.6. The molecule has 0 bridgehead atoms. The van der Waals surface area contributed by atoms with E-state index in [0.717, 1.165) is 27.8 Å². The lowest BCUT2D eigenvalue weighted by atomic mass is 9.85. The summed E-state index contributed by atoms with van der Waals surface area (Å²) in [6.45, 7) is 10.9. The lowest BCUT2D eigenvalue weighted by Gasteiger charge is -2.24. The van der Waals surface area contributed by atoms with Gasteiger partial charge in [-0.25, -0.2) is 4.98 Å². The van der Waals surface area contributed by atoms with Crippen molar-refractivity contribution in [2.24, 2.45) is 0 Å². The maximum Gasteiger partial charge on any atom is 0.301 e. The highest BCUT2D eigenvalue weighted by atomic mass is 32.1. The number of nitrogens with zero attached hydrogens (tertiary/aromatic N) is 2. The fourth-order valence-electron chi connectivity index (χ4n) is 4.82. The van der Waals surface area contributed by atoms with Crippen LogP contribution in [-0.4, -0.2) is 28.4 Å². The van der Waals surface area contributed by atoms with Crippen LogP contribution in [-0.2, 0) is 21.4 Å². The minimum absolute atomic E-state index is 0.0428. The normalized spacial score (nSPS) is 17.3. The number of hydrogen-bond acceptors (Lipinski definition) is 6. The molecule has 0 spiro atoms. The molecule has 7 heteroatoms. The number of aliphatic hydroxyl groups excluding tert-OH is 1. The summed E-state index contributed by atoms with van der Waals surface area (Å²) in [5, 5.41) is 11.9. The van der Waals surface area contributed by atoms with E-state index >= 15 is 0 Å². The van der Waals surface area contributed by atoms with Gasteiger partial charge in [-0.1, -0.05) is 69.4 Å². The van der Waals surface area contributed by atoms with Crippen molar-refractivity contribution in [1.29, 1.82) is 0 Å². The molecule has 6 nitrogen and oxygen atoms in total. The van der Waals surface area contributed by atoms with Crippen LogP contribution in [0.25, 0.3) is 16.0 Å². The average Bonchev–Trinajstić information content (AvgIpc) is 3.46. The molecule has 1 N–H and O–H groups in total. The van der Waals surface area contributed by atoms with Crippen LogP contribution in [0, 0.1) is 0 Å². The molecule has 1 amide bonds. The van der Waals surface area contributed by atoms with Crippen molar-refractivity contribution in [3.63, 3.8) is 0 Å². The SMILES string of the molecule is CCOc1ccc(C(O)=C2C(=O)C(=O)N(c3nc4ccc(CC)cc4s3)[C@@H]2c2ccc(C(C)(C)C)cc2)cc1. The molecule has 5 rings (SSSR count). The lowest BCUT2D eigenvalue weighted by Crippen LogP contribution is -2.29. The number of rotatable bonds is 6. The van der Waals surface area contributed by atoms with Crippen molar-refractivity contribution in [3.8, 4) is 5.75 Å². The first-order valence-electron chi connectivity index (χ1n) is 13.2. The fourth-order valence-corrected chi connectivity index (χ4v) is 5.88. The summed E-state index contributed by atoms with van der Waals surface area (Å²) in [7, 11) is 0. The van der Waals surface area contributed by atoms with E-state index in [9.17, 15) is 14.7 Å². The lowest BCUT2D eigenvalue weighted by molar-refractivity contribution is -0.132. The third-order valence-corrected chi connectivity index (χ3v) is 8.05. The highest BCUT2D eigenvalue weighted by Gasteiger charge is 2.48. The summed E-state index contributed by atoms with van der Waals surface area (Å²) in [5.41, 5.74) is 4.20. The number of aromatic nitrogens is 1. The van der Waals surface area contributed by atoms with Gasteiger partial charge in [0.1, 0.15) is 11.5 Å². The molecule has 1 aliphatic heterocycles. The van der Waals surface area contributed by atoms with E-state index in [2.05, 4.69) is 33.8 Å². The Morgan fingerprint density at radius 1 is 1.00 bits per heavy atom. The number of ether oxygens (including phenoxy) is 1. The van der Waals surface area contributed by atoms with Gasteiger partial charge in [-0.3, -0.25) is 14.5 Å². The molecular weight excluding hydrogens is 508 g/mol. The van der Waals surface area contributed by atoms with Gasteiger partial charge in [0.15, 0.2) is 5.13 Å². The largest absolute Gasteiger partial charge is 0.507 e. The van der Waals surface area contributed by atoms with Crippen LogP contribution in [0.5, 0.6) is 5.75 Å². The third-order valence-electron chi connectivity index (χ3n) is 7.03. The fraction of sp³-hybridized carbons (Fsp3) is 0.281. The molecule has 0 radical (unpaired) electrons. The molecule has 1 aromatic heterocycles. The first kappa shape index (κ1) is 26.6. The van der Waals surface area contributed by atoms with Crippen LogP contribution in [0.3, 0.4) is 0 Å². The zero-order valence-corrected chi connectivity index (χ0v) is 23.6. The highest BCUT2D eigenvalue weighted by Crippen LogP contribution is 2.44. The van der Waals surface area contributed by atoms with Gasteiger partial charge in [-0.15, -0.1) is 0 Å². The zero-order chi connectivity index (χ0) is 27.9. The van der Waals surface area contributed by atoms with E-state index in [4.69, 9.17) is 9.72 Å². The van der Waals surface area contributed by atoms with E-state index in [1.807, 2.05) is 43.3 Å². The number of thiazole rings is 1. The number of benzene rings is 3. The van der Waals surface area contributed by atoms with Crippen LogP contribution < -0.4 is 9.64 Å². The number of Topliss-reactive ketones (excluding diaryl/α,β-unsaturated/α-hetero) is 1. The maximum absolute atomic E-state index is 13.6. The topological polar surface area (TPSA) is 79.7 Å². The molecule has 4 aromatic rings. The number of aryl methyl sites for hydroxylation is 1. The molecule has 200 valence electrons. The van der Waals surface area contributed by atoms with E-state index in [-0.39, 0.29) is 16.7 Å². The van der Waals surface area contributed by atoms with E-state index in [0.29, 0.717) is 23.1 Å². The van der Waals surface area contributed by atoms with Gasteiger partial charge in [0.25, 0.3) is 5.78 Å². The monoisotopic (exact) mass is 540 g/mol. The second kappa shape index (κ2) is 10.3. The van der Waals surface area contributed by atoms with Crippen LogP contribution >= 0.6 is 11.3 Å². The molecule has 1 atom stereocenters. The average molecular weight is 541 g/mol. The van der Waals surface area contributed by atoms with Gasteiger partial charge in [0.2, 0.25) is 0 Å². The van der Waals surface area contributed by atoms with E-state index < -0.39 is 17.7 Å². The Balaban J connectivity index is 1.67. The van der Waals surface area contributed by atoms with Gasteiger partial charge >= 0.3 is 5.91 Å². The molecule has 2 heterocycles. The number of aliphatic hydroxyl groups is 1. The number of carbonyl (C=O) groups excluding carboxylic acids is 2. The number of carbonyl (C=O) groups is 2. The van der Waals surface area contributed by atoms with Crippen molar-refractivity contribution in [2.45, 2.75) is 52.5 Å². The number of hydrogen-bond donors (Lipinski definition) is 1. The molecule has 0 aliphatic carbocycles. The molecule has 1 fully saturated rings. The van der Waals surface area contributed by atoms with Crippen molar-refractivity contribution >= 4 is 44.1 Å². The predicted octanol–water partition coefficient (Wildman–Crippen LogP) is 7.18. The molecule has 1 saturated heterocycles. The second-order valence-corrected chi connectivity index (χ2v) is 11.7. The summed E-state index contributed by atoms with van der Waals surface area (Å²) in [4.78, 5) is 33.3. The Bertz CT molecular complexity index is 1580. The van der Waals surface area contributed by atoms with Crippen LogP contribution in [0.15, 0.2) is 72.3 Å². The first-order chi connectivity index (χ1) is 18.6. The standard InChI is InChI=1S/C32H32N2O4S/c1-6-19-8-17-24-25(18-19)39-31(33-24)34-27(20-9-13-22(14-10-20)32(3,4)5)26(29(36)30(34)37)28(35)21-11-15-23(16-12-21)38-7-2/h8-18,27,35H,6-7H2,1-5H3/t27-/m1/s1. The first-order valence-corrected chi connectivity index (χ1v) is 14.0. The number of amides is 1. The highest BCUT2D eigenvalue weighted by molar-refractivity contribution is 7.22. The summed E-state index contributed by atoms with van der Waals surface area (Å²) in [6, 6.07) is 20.0. The summed E-state index contributed by atoms with van der Waals surface area (Å²) >= 11 is 1.37. The van der Waals surface area contributed by atoms with Crippen LogP contribution in [0.2, 0.25) is 0 Å². The van der Waals surface area contributed by atoms with Crippen molar-refractivity contribution in [3.05, 3.63) is 94.6 Å². The van der Waals surface area contributed by atoms with Crippen molar-refractivity contribution < 1.29 is 19.4 Å². The van der Waals surface area contributed by atoms with Crippen LogP contribution in [0.1, 0.15) is 62.9 Å². The molecule has 0 unspecified atom stereocenters. The Morgan fingerprint density at radius 2 is 1.69 bits per heavy atom. The van der Waals surface area contributed by atoms with Gasteiger partial charge in [-0.05, 0) is 71.8 Å². The van der Waals surface area contributed by atoms with E-state index in [1.54, 1.807) is 24.3 Å². The van der Waals surface area contributed by atoms with Crippen LogP contribution in [0.4, 0.5) is 5.13 Å². The second-order valence-electron chi connectivity index (χ2n) is 10.7. The van der Waals surface area contributed by atoms with Crippen molar-refractivity contribution in [2.75, 3.05) is 11.5 Å². The Labute approximate surface area is 232 Å². The number of anilines is 1. The Morgan fingerprint density at radius 3 is 2.31 bits per heavy atom. The minimum Gasteiger partial charge on any atom is -0.507 e. The third kappa shape index (κ3) is 4.94. The number of ketones is 1. The van der Waals surface area contributed by atoms with Gasteiger partial charge in [0.05, 0.1) is 28.4 Å². The Hall–Kier alpha value is -3.97. The molecule has 3 aromatic carbocycles. The van der Waals surface area contributed by atoms with Gasteiger partial charge in [-0.2, -0.15) is 0 Å². The predicted molar refractivity (Wildman–Crippen MR) is 157 cm³/mol. The molecule has 1 aliphatic rings. The van der Waals surface area contributed by atoms with Gasteiger partial charge in [0, 0.05) is 5.56 Å². The molecular formula is C32H32N2O4S. The quantitative estimate of drug-likeness (QED) is 0.159. The van der Waals surface area contributed by atoms with E-state index in [1.165, 1.54) is 21.8 Å².